The maximum atomic E-state index is 13.5. The van der Waals surface area contributed by atoms with E-state index in [4.69, 9.17) is 16.0 Å². The summed E-state index contributed by atoms with van der Waals surface area (Å²) in [5.74, 6) is -0.621. The van der Waals surface area contributed by atoms with Crippen LogP contribution in [0.2, 0.25) is 5.02 Å². The molecule has 5 nitrogen and oxygen atoms in total. The van der Waals surface area contributed by atoms with Crippen LogP contribution in [0.3, 0.4) is 0 Å². The standard InChI is InChI=1S/C22H18ClF3N2O3S/c23-14-5-8-16(9-6-14)32-12-2-4-20(29)28-18-10-7-15(13-17(18)22(24,25)26)27-21(30)19-3-1-11-31-19/h1,3,5-11,13H,2,4,12H2,(H,27,30)(H,28,29). The van der Waals surface area contributed by atoms with Gasteiger partial charge in [-0.1, -0.05) is 11.6 Å². The van der Waals surface area contributed by atoms with Crippen molar-refractivity contribution in [2.75, 3.05) is 16.4 Å². The Morgan fingerprint density at radius 2 is 1.78 bits per heavy atom. The molecule has 0 atom stereocenters. The minimum absolute atomic E-state index is 0.0348. The fourth-order valence-electron chi connectivity index (χ4n) is 2.73. The Kier molecular flexibility index (Phi) is 7.87. The van der Waals surface area contributed by atoms with Crippen LogP contribution in [-0.4, -0.2) is 17.6 Å². The lowest BCUT2D eigenvalue weighted by atomic mass is 10.1. The maximum Gasteiger partial charge on any atom is 0.418 e. The quantitative estimate of drug-likeness (QED) is 0.276. The first-order valence-corrected chi connectivity index (χ1v) is 10.8. The molecule has 0 saturated carbocycles. The molecule has 0 bridgehead atoms. The predicted molar refractivity (Wildman–Crippen MR) is 118 cm³/mol. The van der Waals surface area contributed by atoms with E-state index in [-0.39, 0.29) is 23.6 Å². The number of halogens is 4. The third kappa shape index (κ3) is 6.80. The molecule has 2 aromatic carbocycles. The number of hydrogen-bond acceptors (Lipinski definition) is 4. The number of rotatable bonds is 8. The number of thioether (sulfide) groups is 1. The van der Waals surface area contributed by atoms with E-state index < -0.39 is 23.6 Å². The molecular formula is C22H18ClF3N2O3S. The smallest absolute Gasteiger partial charge is 0.418 e. The molecule has 1 aromatic heterocycles. The van der Waals surface area contributed by atoms with Crippen molar-refractivity contribution in [3.05, 3.63) is 77.2 Å². The van der Waals surface area contributed by atoms with Crippen molar-refractivity contribution in [1.29, 1.82) is 0 Å². The van der Waals surface area contributed by atoms with Gasteiger partial charge in [0.05, 0.1) is 17.5 Å². The summed E-state index contributed by atoms with van der Waals surface area (Å²) in [4.78, 5) is 25.2. The number of anilines is 2. The highest BCUT2D eigenvalue weighted by molar-refractivity contribution is 7.99. The molecule has 0 aliphatic carbocycles. The Hall–Kier alpha value is -2.91. The molecule has 10 heteroatoms. The van der Waals surface area contributed by atoms with E-state index in [9.17, 15) is 22.8 Å². The molecule has 0 aliphatic rings. The van der Waals surface area contributed by atoms with Gasteiger partial charge >= 0.3 is 6.18 Å². The molecule has 3 aromatic rings. The fraction of sp³-hybridized carbons (Fsp3) is 0.182. The second-order valence-corrected chi connectivity index (χ2v) is 8.25. The Morgan fingerprint density at radius 1 is 1.03 bits per heavy atom. The molecule has 0 saturated heterocycles. The van der Waals surface area contributed by atoms with Crippen molar-refractivity contribution in [3.63, 3.8) is 0 Å². The zero-order chi connectivity index (χ0) is 23.1. The topological polar surface area (TPSA) is 71.3 Å². The minimum Gasteiger partial charge on any atom is -0.459 e. The lowest BCUT2D eigenvalue weighted by Crippen LogP contribution is -2.18. The number of amides is 2. The first-order valence-electron chi connectivity index (χ1n) is 9.47. The van der Waals surface area contributed by atoms with E-state index in [0.717, 1.165) is 17.0 Å². The van der Waals surface area contributed by atoms with Crippen molar-refractivity contribution >= 4 is 46.6 Å². The predicted octanol–water partition coefficient (Wildman–Crippen LogP) is 6.72. The Bertz CT molecular complexity index is 1070. The minimum atomic E-state index is -4.72. The van der Waals surface area contributed by atoms with Crippen LogP contribution >= 0.6 is 23.4 Å². The normalized spacial score (nSPS) is 11.2. The van der Waals surface area contributed by atoms with Crippen LogP contribution in [0.5, 0.6) is 0 Å². The maximum absolute atomic E-state index is 13.5. The van der Waals surface area contributed by atoms with E-state index in [2.05, 4.69) is 10.6 Å². The summed E-state index contributed by atoms with van der Waals surface area (Å²) in [5.41, 5.74) is -1.50. The third-order valence-corrected chi connectivity index (χ3v) is 5.58. The number of hydrogen-bond donors (Lipinski definition) is 2. The van der Waals surface area contributed by atoms with E-state index in [1.54, 1.807) is 12.1 Å². The van der Waals surface area contributed by atoms with Gasteiger partial charge in [-0.05, 0) is 66.8 Å². The first kappa shape index (κ1) is 23.7. The van der Waals surface area contributed by atoms with E-state index >= 15 is 0 Å². The van der Waals surface area contributed by atoms with Crippen molar-refractivity contribution < 1.29 is 27.2 Å². The summed E-state index contributed by atoms with van der Waals surface area (Å²) in [6, 6.07) is 13.3. The Morgan fingerprint density at radius 3 is 2.44 bits per heavy atom. The van der Waals surface area contributed by atoms with Gasteiger partial charge in [0.25, 0.3) is 5.91 Å². The zero-order valence-electron chi connectivity index (χ0n) is 16.5. The molecular weight excluding hydrogens is 465 g/mol. The molecule has 1 heterocycles. The molecule has 0 radical (unpaired) electrons. The van der Waals surface area contributed by atoms with Crippen molar-refractivity contribution in [1.82, 2.24) is 0 Å². The summed E-state index contributed by atoms with van der Waals surface area (Å²) in [7, 11) is 0. The van der Waals surface area contributed by atoms with E-state index in [0.29, 0.717) is 17.2 Å². The van der Waals surface area contributed by atoms with Crippen LogP contribution in [0.4, 0.5) is 24.5 Å². The Labute approximate surface area is 191 Å². The lowest BCUT2D eigenvalue weighted by Gasteiger charge is -2.15. The first-order chi connectivity index (χ1) is 15.2. The molecule has 0 aliphatic heterocycles. The lowest BCUT2D eigenvalue weighted by molar-refractivity contribution is -0.136. The second-order valence-electron chi connectivity index (χ2n) is 6.64. The van der Waals surface area contributed by atoms with Gasteiger partial charge in [-0.3, -0.25) is 9.59 Å². The fourth-order valence-corrected chi connectivity index (χ4v) is 3.71. The van der Waals surface area contributed by atoms with Crippen molar-refractivity contribution in [3.8, 4) is 0 Å². The van der Waals surface area contributed by atoms with Gasteiger partial charge in [0.15, 0.2) is 5.76 Å². The average molecular weight is 483 g/mol. The number of nitrogens with one attached hydrogen (secondary N) is 2. The van der Waals surface area contributed by atoms with Crippen molar-refractivity contribution in [2.45, 2.75) is 23.9 Å². The van der Waals surface area contributed by atoms with E-state index in [1.165, 1.54) is 36.2 Å². The number of furan rings is 1. The van der Waals surface area contributed by atoms with Gasteiger partial charge in [0.1, 0.15) is 0 Å². The van der Waals surface area contributed by atoms with Gasteiger partial charge < -0.3 is 15.1 Å². The van der Waals surface area contributed by atoms with Gasteiger partial charge in [0, 0.05) is 22.0 Å². The molecule has 0 unspecified atom stereocenters. The third-order valence-electron chi connectivity index (χ3n) is 4.23. The van der Waals surface area contributed by atoms with Gasteiger partial charge in [0.2, 0.25) is 5.91 Å². The van der Waals surface area contributed by atoms with Crippen LogP contribution in [0, 0.1) is 0 Å². The van der Waals surface area contributed by atoms with E-state index in [1.807, 2.05) is 12.1 Å². The highest BCUT2D eigenvalue weighted by atomic mass is 35.5. The summed E-state index contributed by atoms with van der Waals surface area (Å²) in [5, 5.41) is 5.28. The number of benzene rings is 2. The largest absolute Gasteiger partial charge is 0.459 e. The SMILES string of the molecule is O=C(CCCSc1ccc(Cl)cc1)Nc1ccc(NC(=O)c2ccco2)cc1C(F)(F)F. The molecule has 0 spiro atoms. The van der Waals surface area contributed by atoms with Crippen LogP contribution in [0.25, 0.3) is 0 Å². The van der Waals surface area contributed by atoms with Gasteiger partial charge in [-0.25, -0.2) is 0 Å². The summed E-state index contributed by atoms with van der Waals surface area (Å²) < 4.78 is 45.5. The second kappa shape index (κ2) is 10.6. The monoisotopic (exact) mass is 482 g/mol. The Balaban J connectivity index is 1.58. The number of carbonyl (C=O) groups excluding carboxylic acids is 2. The zero-order valence-corrected chi connectivity index (χ0v) is 18.1. The van der Waals surface area contributed by atoms with Crippen LogP contribution in [0.15, 0.2) is 70.2 Å². The summed E-state index contributed by atoms with van der Waals surface area (Å²) >= 11 is 7.35. The number of alkyl halides is 3. The highest BCUT2D eigenvalue weighted by Crippen LogP contribution is 2.37. The number of carbonyl (C=O) groups is 2. The summed E-state index contributed by atoms with van der Waals surface area (Å²) in [6.45, 7) is 0. The summed E-state index contributed by atoms with van der Waals surface area (Å²) in [6.07, 6.45) is -2.90. The van der Waals surface area contributed by atoms with Gasteiger partial charge in [-0.2, -0.15) is 13.2 Å². The highest BCUT2D eigenvalue weighted by Gasteiger charge is 2.34. The van der Waals surface area contributed by atoms with Crippen LogP contribution in [-0.2, 0) is 11.0 Å². The van der Waals surface area contributed by atoms with Crippen LogP contribution < -0.4 is 10.6 Å². The molecule has 0 fully saturated rings. The molecule has 168 valence electrons. The molecule has 32 heavy (non-hydrogen) atoms. The van der Waals surface area contributed by atoms with Gasteiger partial charge in [-0.15, -0.1) is 11.8 Å². The van der Waals surface area contributed by atoms with Crippen LogP contribution in [0.1, 0.15) is 29.0 Å². The molecule has 2 amide bonds. The molecule has 2 N–H and O–H groups in total. The molecule has 3 rings (SSSR count). The average Bonchev–Trinajstić information content (AvgIpc) is 3.28. The van der Waals surface area contributed by atoms with Crippen molar-refractivity contribution in [2.24, 2.45) is 0 Å².